The van der Waals surface area contributed by atoms with Crippen molar-refractivity contribution in [2.45, 2.75) is 5.75 Å². The third kappa shape index (κ3) is 3.97. The molecule has 0 saturated heterocycles. The van der Waals surface area contributed by atoms with Crippen LogP contribution in [0, 0.1) is 17.5 Å². The van der Waals surface area contributed by atoms with Crippen molar-refractivity contribution in [3.05, 3.63) is 53.3 Å². The highest BCUT2D eigenvalue weighted by Gasteiger charge is 2.17. The van der Waals surface area contributed by atoms with Crippen LogP contribution >= 0.6 is 11.8 Å². The second-order valence-corrected chi connectivity index (χ2v) is 6.42. The van der Waals surface area contributed by atoms with Gasteiger partial charge in [0.1, 0.15) is 11.6 Å². The van der Waals surface area contributed by atoms with Gasteiger partial charge in [-0.25, -0.2) is 18.2 Å². The number of methoxy groups -OCH3 is 1. The maximum Gasteiger partial charge on any atom is 0.224 e. The Kier molecular flexibility index (Phi) is 5.50. The second-order valence-electron chi connectivity index (χ2n) is 5.55. The van der Waals surface area contributed by atoms with Crippen LogP contribution in [0.25, 0.3) is 22.8 Å². The Hall–Kier alpha value is -2.81. The molecule has 3 rings (SSSR count). The minimum atomic E-state index is -1.00. The molecule has 0 fully saturated rings. The molecule has 9 heteroatoms. The summed E-state index contributed by atoms with van der Waals surface area (Å²) in [7, 11) is 1.38. The molecule has 5 nitrogen and oxygen atoms in total. The third-order valence-corrected chi connectivity index (χ3v) is 4.32. The Bertz CT molecular complexity index is 1000. The molecule has 0 spiro atoms. The molecule has 140 valence electrons. The van der Waals surface area contributed by atoms with Crippen molar-refractivity contribution >= 4 is 17.7 Å². The van der Waals surface area contributed by atoms with Crippen LogP contribution in [0.1, 0.15) is 5.56 Å². The number of ether oxygens (including phenoxy) is 1. The number of rotatable bonds is 5. The summed E-state index contributed by atoms with van der Waals surface area (Å²) < 4.78 is 46.5. The first kappa shape index (κ1) is 19.0. The highest BCUT2D eigenvalue weighted by atomic mass is 32.2. The van der Waals surface area contributed by atoms with E-state index >= 15 is 0 Å². The van der Waals surface area contributed by atoms with Crippen molar-refractivity contribution in [2.75, 3.05) is 19.1 Å². The van der Waals surface area contributed by atoms with Crippen LogP contribution in [-0.4, -0.2) is 28.3 Å². The van der Waals surface area contributed by atoms with Crippen LogP contribution < -0.4 is 10.5 Å². The van der Waals surface area contributed by atoms with Gasteiger partial charge >= 0.3 is 0 Å². The van der Waals surface area contributed by atoms with E-state index in [2.05, 4.69) is 15.0 Å². The largest absolute Gasteiger partial charge is 0.496 e. The topological polar surface area (TPSA) is 73.9 Å². The first-order chi connectivity index (χ1) is 12.9. The number of anilines is 1. The molecule has 1 heterocycles. The minimum Gasteiger partial charge on any atom is -0.496 e. The van der Waals surface area contributed by atoms with Crippen molar-refractivity contribution in [3.8, 4) is 28.5 Å². The third-order valence-electron chi connectivity index (χ3n) is 3.72. The number of hydrogen-bond acceptors (Lipinski definition) is 6. The van der Waals surface area contributed by atoms with Crippen LogP contribution in [0.2, 0.25) is 0 Å². The lowest BCUT2D eigenvalue weighted by atomic mass is 10.1. The Morgan fingerprint density at radius 3 is 2.48 bits per heavy atom. The van der Waals surface area contributed by atoms with Crippen molar-refractivity contribution in [2.24, 2.45) is 0 Å². The van der Waals surface area contributed by atoms with Gasteiger partial charge in [0.2, 0.25) is 5.95 Å². The van der Waals surface area contributed by atoms with E-state index in [-0.39, 0.29) is 40.2 Å². The number of halogens is 3. The van der Waals surface area contributed by atoms with Crippen molar-refractivity contribution in [1.29, 1.82) is 0 Å². The fraction of sp³-hybridized carbons (Fsp3) is 0.167. The number of hydrogen-bond donors (Lipinski definition) is 1. The molecule has 0 bridgehead atoms. The molecule has 2 N–H and O–H groups in total. The molecule has 0 aliphatic heterocycles. The lowest BCUT2D eigenvalue weighted by Gasteiger charge is -2.10. The average molecular weight is 392 g/mol. The van der Waals surface area contributed by atoms with Crippen molar-refractivity contribution in [3.63, 3.8) is 0 Å². The molecule has 0 radical (unpaired) electrons. The average Bonchev–Trinajstić information content (AvgIpc) is 2.64. The molecule has 1 aromatic heterocycles. The number of aromatic nitrogens is 3. The summed E-state index contributed by atoms with van der Waals surface area (Å²) in [6.07, 6.45) is 1.78. The molecule has 27 heavy (non-hydrogen) atoms. The summed E-state index contributed by atoms with van der Waals surface area (Å²) in [4.78, 5) is 12.4. The number of thioether (sulfide) groups is 1. The lowest BCUT2D eigenvalue weighted by molar-refractivity contribution is 0.412. The van der Waals surface area contributed by atoms with E-state index in [0.29, 0.717) is 5.56 Å². The van der Waals surface area contributed by atoms with E-state index in [4.69, 9.17) is 10.5 Å². The molecule has 3 aromatic rings. The van der Waals surface area contributed by atoms with E-state index in [1.54, 1.807) is 6.26 Å². The van der Waals surface area contributed by atoms with Gasteiger partial charge in [-0.1, -0.05) is 0 Å². The van der Waals surface area contributed by atoms with E-state index in [0.717, 1.165) is 6.07 Å². The molecule has 0 aliphatic carbocycles. The monoisotopic (exact) mass is 392 g/mol. The van der Waals surface area contributed by atoms with E-state index in [1.165, 1.54) is 43.1 Å². The van der Waals surface area contributed by atoms with Gasteiger partial charge < -0.3 is 10.5 Å². The van der Waals surface area contributed by atoms with Gasteiger partial charge in [0.25, 0.3) is 0 Å². The predicted molar refractivity (Wildman–Crippen MR) is 98.8 cm³/mol. The molecule has 0 atom stereocenters. The molecular formula is C18H15F3N4OS. The normalized spacial score (nSPS) is 10.9. The summed E-state index contributed by atoms with van der Waals surface area (Å²) >= 11 is 1.35. The summed E-state index contributed by atoms with van der Waals surface area (Å²) in [5, 5.41) is 0. The van der Waals surface area contributed by atoms with Gasteiger partial charge in [0, 0.05) is 22.9 Å². The first-order valence-corrected chi connectivity index (χ1v) is 9.15. The van der Waals surface area contributed by atoms with Crippen LogP contribution in [-0.2, 0) is 5.75 Å². The first-order valence-electron chi connectivity index (χ1n) is 7.75. The molecule has 0 unspecified atom stereocenters. The van der Waals surface area contributed by atoms with Gasteiger partial charge in [-0.05, 0) is 30.5 Å². The fourth-order valence-corrected chi connectivity index (χ4v) is 3.05. The lowest BCUT2D eigenvalue weighted by Crippen LogP contribution is -2.04. The van der Waals surface area contributed by atoms with Gasteiger partial charge in [-0.2, -0.15) is 21.7 Å². The SMILES string of the molecule is COc1cc(F)ccc1-c1nc(N)nc(-c2cc(F)c(F)c(CSC)c2)n1. The summed E-state index contributed by atoms with van der Waals surface area (Å²) in [5.41, 5.74) is 6.61. The smallest absolute Gasteiger partial charge is 0.224 e. The summed E-state index contributed by atoms with van der Waals surface area (Å²) in [6, 6.07) is 6.32. The van der Waals surface area contributed by atoms with Gasteiger partial charge in [-0.15, -0.1) is 0 Å². The standard InChI is InChI=1S/C18H15F3N4OS/c1-26-14-7-11(19)3-4-12(14)17-23-16(24-18(22)25-17)9-5-10(8-27-2)15(21)13(20)6-9/h3-7H,8H2,1-2H3,(H2,22,23,24,25). The number of nitrogen functional groups attached to an aromatic ring is 1. The molecule has 0 saturated carbocycles. The van der Waals surface area contributed by atoms with E-state index in [1.807, 2.05) is 0 Å². The van der Waals surface area contributed by atoms with Crippen LogP contribution in [0.3, 0.4) is 0 Å². The summed E-state index contributed by atoms with van der Waals surface area (Å²) in [5.74, 6) is -1.81. The van der Waals surface area contributed by atoms with Gasteiger partial charge in [0.05, 0.1) is 12.7 Å². The molecular weight excluding hydrogens is 377 g/mol. The predicted octanol–water partition coefficient (Wildman–Crippen LogP) is 4.08. The quantitative estimate of drug-likeness (QED) is 0.705. The molecule has 0 amide bonds. The molecule has 0 aliphatic rings. The Morgan fingerprint density at radius 2 is 1.78 bits per heavy atom. The summed E-state index contributed by atoms with van der Waals surface area (Å²) in [6.45, 7) is 0. The zero-order valence-electron chi connectivity index (χ0n) is 14.5. The number of benzene rings is 2. The van der Waals surface area contributed by atoms with E-state index in [9.17, 15) is 13.2 Å². The second kappa shape index (κ2) is 7.83. The highest BCUT2D eigenvalue weighted by molar-refractivity contribution is 7.97. The van der Waals surface area contributed by atoms with Gasteiger partial charge in [0.15, 0.2) is 23.3 Å². The maximum absolute atomic E-state index is 14.0. The Labute approximate surface area is 157 Å². The fourth-order valence-electron chi connectivity index (χ4n) is 2.53. The zero-order valence-corrected chi connectivity index (χ0v) is 15.3. The number of nitrogens with two attached hydrogens (primary N) is 1. The maximum atomic E-state index is 14.0. The van der Waals surface area contributed by atoms with Crippen LogP contribution in [0.5, 0.6) is 5.75 Å². The van der Waals surface area contributed by atoms with Gasteiger partial charge in [-0.3, -0.25) is 0 Å². The van der Waals surface area contributed by atoms with Crippen LogP contribution in [0.4, 0.5) is 19.1 Å². The van der Waals surface area contributed by atoms with E-state index < -0.39 is 17.5 Å². The highest BCUT2D eigenvalue weighted by Crippen LogP contribution is 2.30. The minimum absolute atomic E-state index is 0.0742. The Balaban J connectivity index is 2.15. The molecule has 2 aromatic carbocycles. The zero-order chi connectivity index (χ0) is 19.6. The van der Waals surface area contributed by atoms with Crippen molar-refractivity contribution < 1.29 is 17.9 Å². The van der Waals surface area contributed by atoms with Crippen LogP contribution in [0.15, 0.2) is 30.3 Å². The Morgan fingerprint density at radius 1 is 1.04 bits per heavy atom. The van der Waals surface area contributed by atoms with Crippen molar-refractivity contribution in [1.82, 2.24) is 15.0 Å². The number of nitrogens with zero attached hydrogens (tertiary/aromatic N) is 3.